The Labute approximate surface area is 233 Å². The molecular formula is C30H33ClN4O4. The van der Waals surface area contributed by atoms with Crippen molar-refractivity contribution in [1.82, 2.24) is 0 Å². The van der Waals surface area contributed by atoms with Crippen molar-refractivity contribution in [3.05, 3.63) is 75.7 Å². The van der Waals surface area contributed by atoms with E-state index in [1.165, 1.54) is 7.11 Å². The largest absolute Gasteiger partial charge is 0.466 e. The van der Waals surface area contributed by atoms with Crippen LogP contribution in [0.1, 0.15) is 46.1 Å². The van der Waals surface area contributed by atoms with Gasteiger partial charge in [0.25, 0.3) is 0 Å². The molecular weight excluding hydrogens is 516 g/mol. The highest BCUT2D eigenvalue weighted by Gasteiger charge is 2.63. The van der Waals surface area contributed by atoms with Crippen molar-refractivity contribution >= 4 is 46.3 Å². The Kier molecular flexibility index (Phi) is 6.50. The van der Waals surface area contributed by atoms with Crippen molar-refractivity contribution in [2.45, 2.75) is 46.0 Å². The molecule has 1 aliphatic carbocycles. The maximum atomic E-state index is 14.1. The Morgan fingerprint density at radius 2 is 1.77 bits per heavy atom. The van der Waals surface area contributed by atoms with Crippen LogP contribution in [0.4, 0.5) is 17.1 Å². The number of nitrogens with one attached hydrogen (secondary N) is 1. The minimum atomic E-state index is -1.78. The summed E-state index contributed by atoms with van der Waals surface area (Å²) in [6, 6.07) is 12.8. The van der Waals surface area contributed by atoms with E-state index in [0.29, 0.717) is 34.1 Å². The molecule has 0 aromatic heterocycles. The molecule has 1 atom stereocenters. The van der Waals surface area contributed by atoms with Gasteiger partial charge in [-0.2, -0.15) is 0 Å². The molecule has 3 N–H and O–H groups in total. The molecule has 8 nitrogen and oxygen atoms in total. The first kappa shape index (κ1) is 26.8. The molecule has 0 bridgehead atoms. The van der Waals surface area contributed by atoms with Gasteiger partial charge in [0, 0.05) is 58.4 Å². The third-order valence-corrected chi connectivity index (χ3v) is 8.21. The van der Waals surface area contributed by atoms with Gasteiger partial charge in [0.2, 0.25) is 5.91 Å². The van der Waals surface area contributed by atoms with E-state index in [1.807, 2.05) is 38.1 Å². The summed E-state index contributed by atoms with van der Waals surface area (Å²) in [5.74, 6) is -1.49. The third-order valence-electron chi connectivity index (χ3n) is 7.97. The van der Waals surface area contributed by atoms with Crippen LogP contribution >= 0.6 is 11.6 Å². The fraction of sp³-hybridized carbons (Fsp3) is 0.367. The van der Waals surface area contributed by atoms with E-state index in [0.717, 1.165) is 18.8 Å². The SMILES string of the molecule is CCN(CC)c1ccc(N2C(N)=C(C(=O)OC)C3(C(=O)Nc4ccc(Cl)cc43)C3=C2CC(C)(C)CC3=O)cc1. The van der Waals surface area contributed by atoms with E-state index in [2.05, 4.69) is 24.1 Å². The van der Waals surface area contributed by atoms with Crippen molar-refractivity contribution in [2.24, 2.45) is 11.1 Å². The van der Waals surface area contributed by atoms with Crippen LogP contribution in [0, 0.1) is 5.41 Å². The van der Waals surface area contributed by atoms with Crippen LogP contribution in [0.3, 0.4) is 0 Å². The zero-order chi connectivity index (χ0) is 28.3. The number of halogens is 1. The number of allylic oxidation sites excluding steroid dienone is 1. The first-order valence-corrected chi connectivity index (χ1v) is 13.5. The highest BCUT2D eigenvalue weighted by atomic mass is 35.5. The van der Waals surface area contributed by atoms with E-state index in [-0.39, 0.29) is 29.2 Å². The van der Waals surface area contributed by atoms with Crippen LogP contribution in [-0.2, 0) is 24.5 Å². The number of nitrogens with two attached hydrogens (primary N) is 1. The summed E-state index contributed by atoms with van der Waals surface area (Å²) in [7, 11) is 1.24. The quantitative estimate of drug-likeness (QED) is 0.513. The maximum absolute atomic E-state index is 14.1. The average Bonchev–Trinajstić information content (AvgIpc) is 3.15. The number of carbonyl (C=O) groups excluding carboxylic acids is 3. The minimum Gasteiger partial charge on any atom is -0.466 e. The number of carbonyl (C=O) groups is 3. The van der Waals surface area contributed by atoms with Crippen LogP contribution in [0.25, 0.3) is 0 Å². The predicted molar refractivity (Wildman–Crippen MR) is 153 cm³/mol. The number of hydrogen-bond donors (Lipinski definition) is 2. The summed E-state index contributed by atoms with van der Waals surface area (Å²) in [5.41, 5.74) is 8.05. The van der Waals surface area contributed by atoms with Gasteiger partial charge in [0.05, 0.1) is 7.11 Å². The van der Waals surface area contributed by atoms with Crippen molar-refractivity contribution < 1.29 is 19.1 Å². The lowest BCUT2D eigenvalue weighted by Gasteiger charge is -2.47. The number of nitrogens with zero attached hydrogens (tertiary/aromatic N) is 2. The van der Waals surface area contributed by atoms with Crippen LogP contribution in [0.15, 0.2) is 65.1 Å². The average molecular weight is 549 g/mol. The molecule has 1 unspecified atom stereocenters. The molecule has 39 heavy (non-hydrogen) atoms. The number of Topliss-reactive ketones (excluding diaryl/α,β-unsaturated/α-hetero) is 1. The number of amides is 1. The third kappa shape index (κ3) is 3.92. The number of esters is 1. The van der Waals surface area contributed by atoms with Crippen LogP contribution < -0.4 is 20.9 Å². The normalized spacial score (nSPS) is 21.6. The highest BCUT2D eigenvalue weighted by Crippen LogP contribution is 2.57. The second-order valence-electron chi connectivity index (χ2n) is 10.9. The first-order chi connectivity index (χ1) is 18.5. The fourth-order valence-corrected chi connectivity index (χ4v) is 6.48. The maximum Gasteiger partial charge on any atom is 0.339 e. The molecule has 5 rings (SSSR count). The molecule has 1 amide bonds. The van der Waals surface area contributed by atoms with Gasteiger partial charge in [-0.15, -0.1) is 0 Å². The molecule has 0 radical (unpaired) electrons. The summed E-state index contributed by atoms with van der Waals surface area (Å²) in [6.07, 6.45) is 0.672. The number of rotatable bonds is 5. The zero-order valence-corrected chi connectivity index (χ0v) is 23.6. The van der Waals surface area contributed by atoms with Crippen LogP contribution in [0.5, 0.6) is 0 Å². The van der Waals surface area contributed by atoms with Gasteiger partial charge in [-0.25, -0.2) is 4.79 Å². The number of ketones is 1. The van der Waals surface area contributed by atoms with Gasteiger partial charge in [0.1, 0.15) is 16.8 Å². The molecule has 2 aromatic carbocycles. The lowest BCUT2D eigenvalue weighted by atomic mass is 9.60. The number of anilines is 3. The van der Waals surface area contributed by atoms with E-state index >= 15 is 0 Å². The summed E-state index contributed by atoms with van der Waals surface area (Å²) in [4.78, 5) is 45.6. The lowest BCUT2D eigenvalue weighted by molar-refractivity contribution is -0.138. The Bertz CT molecular complexity index is 1460. The lowest BCUT2D eigenvalue weighted by Crippen LogP contribution is -2.54. The number of hydrogen-bond acceptors (Lipinski definition) is 7. The molecule has 2 aliphatic heterocycles. The topological polar surface area (TPSA) is 105 Å². The summed E-state index contributed by atoms with van der Waals surface area (Å²) >= 11 is 6.40. The first-order valence-electron chi connectivity index (χ1n) is 13.1. The summed E-state index contributed by atoms with van der Waals surface area (Å²) in [5, 5.41) is 3.24. The molecule has 0 fully saturated rings. The van der Waals surface area contributed by atoms with E-state index in [9.17, 15) is 14.4 Å². The molecule has 9 heteroatoms. The van der Waals surface area contributed by atoms with Crippen molar-refractivity contribution in [3.8, 4) is 0 Å². The predicted octanol–water partition coefficient (Wildman–Crippen LogP) is 4.88. The second-order valence-corrected chi connectivity index (χ2v) is 11.4. The number of benzene rings is 2. The van der Waals surface area contributed by atoms with Crippen molar-refractivity contribution in [3.63, 3.8) is 0 Å². The Balaban J connectivity index is 1.84. The summed E-state index contributed by atoms with van der Waals surface area (Å²) in [6.45, 7) is 9.91. The monoisotopic (exact) mass is 548 g/mol. The molecule has 2 aromatic rings. The molecule has 2 heterocycles. The van der Waals surface area contributed by atoms with Gasteiger partial charge in [-0.05, 0) is 68.1 Å². The van der Waals surface area contributed by atoms with Crippen LogP contribution in [0.2, 0.25) is 5.02 Å². The van der Waals surface area contributed by atoms with E-state index in [4.69, 9.17) is 22.1 Å². The smallest absolute Gasteiger partial charge is 0.339 e. The van der Waals surface area contributed by atoms with Crippen LogP contribution in [-0.4, -0.2) is 37.9 Å². The number of ether oxygens (including phenoxy) is 1. The van der Waals surface area contributed by atoms with Crippen molar-refractivity contribution in [2.75, 3.05) is 35.3 Å². The zero-order valence-electron chi connectivity index (χ0n) is 22.9. The Morgan fingerprint density at radius 3 is 2.38 bits per heavy atom. The van der Waals surface area contributed by atoms with Gasteiger partial charge < -0.3 is 20.7 Å². The van der Waals surface area contributed by atoms with Gasteiger partial charge in [-0.3, -0.25) is 14.5 Å². The molecule has 1 spiro atoms. The van der Waals surface area contributed by atoms with Crippen molar-refractivity contribution in [1.29, 1.82) is 0 Å². The molecule has 3 aliphatic rings. The Morgan fingerprint density at radius 1 is 1.10 bits per heavy atom. The summed E-state index contributed by atoms with van der Waals surface area (Å²) < 4.78 is 5.20. The van der Waals surface area contributed by atoms with E-state index < -0.39 is 22.7 Å². The highest BCUT2D eigenvalue weighted by molar-refractivity contribution is 6.31. The van der Waals surface area contributed by atoms with Gasteiger partial charge in [0.15, 0.2) is 5.78 Å². The fourth-order valence-electron chi connectivity index (χ4n) is 6.31. The minimum absolute atomic E-state index is 0.0460. The standard InChI is InChI=1S/C30H33ClN4O4/c1-6-34(7-2)18-9-11-19(12-10-18)35-22-15-29(3,4)16-23(36)24(22)30(25(26(35)32)27(37)39-5)20-14-17(31)8-13-21(20)33-28(30)38/h8-14H,6-7,15-16,32H2,1-5H3,(H,33,38). The number of methoxy groups -OCH3 is 1. The number of fused-ring (bicyclic) bond motifs is 3. The van der Waals surface area contributed by atoms with Gasteiger partial charge in [-0.1, -0.05) is 25.4 Å². The van der Waals surface area contributed by atoms with E-state index in [1.54, 1.807) is 23.1 Å². The van der Waals surface area contributed by atoms with Gasteiger partial charge >= 0.3 is 5.97 Å². The molecule has 0 saturated carbocycles. The molecule has 0 saturated heterocycles. The second kappa shape index (κ2) is 9.45. The Hall–Kier alpha value is -3.78. The molecule has 204 valence electrons.